The Labute approximate surface area is 121 Å². The van der Waals surface area contributed by atoms with E-state index in [0.29, 0.717) is 5.75 Å². The molecule has 4 nitrogen and oxygen atoms in total. The Bertz CT molecular complexity index is 586. The lowest BCUT2D eigenvalue weighted by Crippen LogP contribution is -1.99. The second kappa shape index (κ2) is 6.43. The molecule has 1 aromatic heterocycles. The van der Waals surface area contributed by atoms with E-state index in [2.05, 4.69) is 6.92 Å². The molecule has 2 aromatic rings. The van der Waals surface area contributed by atoms with Gasteiger partial charge in [0.05, 0.1) is 0 Å². The summed E-state index contributed by atoms with van der Waals surface area (Å²) in [5, 5.41) is 18.4. The molecule has 0 fully saturated rings. The fraction of sp³-hybridized carbons (Fsp3) is 0.267. The molecule has 0 radical (unpaired) electrons. The molecule has 0 unspecified atom stereocenters. The number of carboxylic acid groups (broad SMARTS) is 1. The zero-order valence-electron chi connectivity index (χ0n) is 11.1. The van der Waals surface area contributed by atoms with E-state index < -0.39 is 5.97 Å². The third kappa shape index (κ3) is 3.51. The second-order valence-corrected chi connectivity index (χ2v) is 5.55. The van der Waals surface area contributed by atoms with E-state index in [-0.39, 0.29) is 17.2 Å². The summed E-state index contributed by atoms with van der Waals surface area (Å²) >= 11 is 1.27. The number of phenols is 1. The molecular weight excluding hydrogens is 276 g/mol. The van der Waals surface area contributed by atoms with Gasteiger partial charge in [0.25, 0.3) is 0 Å². The molecule has 0 aliphatic heterocycles. The highest BCUT2D eigenvalue weighted by Gasteiger charge is 2.16. The van der Waals surface area contributed by atoms with Gasteiger partial charge < -0.3 is 14.9 Å². The van der Waals surface area contributed by atoms with Gasteiger partial charge in [-0.05, 0) is 30.2 Å². The van der Waals surface area contributed by atoms with Crippen LogP contribution in [0.2, 0.25) is 0 Å². The molecule has 20 heavy (non-hydrogen) atoms. The summed E-state index contributed by atoms with van der Waals surface area (Å²) in [4.78, 5) is 12.5. The molecule has 5 heteroatoms. The Hall–Kier alpha value is -2.01. The van der Waals surface area contributed by atoms with E-state index in [9.17, 15) is 15.0 Å². The van der Waals surface area contributed by atoms with Gasteiger partial charge in [-0.25, -0.2) is 4.79 Å². The number of aromatic carboxylic acids is 1. The van der Waals surface area contributed by atoms with Crippen molar-refractivity contribution in [1.82, 2.24) is 0 Å². The molecule has 0 amide bonds. The van der Waals surface area contributed by atoms with Crippen molar-refractivity contribution < 1.29 is 19.7 Å². The van der Waals surface area contributed by atoms with Crippen molar-refractivity contribution in [1.29, 1.82) is 0 Å². The first-order chi connectivity index (χ1) is 9.60. The maximum absolute atomic E-state index is 11.2. The van der Waals surface area contributed by atoms with Crippen LogP contribution in [0.3, 0.4) is 0 Å². The number of ether oxygens (including phenoxy) is 1. The maximum atomic E-state index is 11.2. The maximum Gasteiger partial charge on any atom is 0.349 e. The smallest absolute Gasteiger partial charge is 0.349 e. The summed E-state index contributed by atoms with van der Waals surface area (Å²) in [5.41, 5.74) is 0.877. The van der Waals surface area contributed by atoms with E-state index in [1.807, 2.05) is 0 Å². The Morgan fingerprint density at radius 3 is 2.60 bits per heavy atom. The molecule has 106 valence electrons. The summed E-state index contributed by atoms with van der Waals surface area (Å²) in [5.74, 6) is -0.349. The number of aryl methyl sites for hydroxylation is 1. The van der Waals surface area contributed by atoms with Gasteiger partial charge in [-0.15, -0.1) is 11.3 Å². The molecule has 0 bridgehead atoms. The van der Waals surface area contributed by atoms with Crippen LogP contribution in [0.25, 0.3) is 0 Å². The first-order valence-electron chi connectivity index (χ1n) is 6.37. The van der Waals surface area contributed by atoms with Crippen LogP contribution in [0.1, 0.15) is 33.5 Å². The number of phenolic OH excluding ortho intramolecular Hbond substituents is 1. The van der Waals surface area contributed by atoms with E-state index in [4.69, 9.17) is 4.74 Å². The highest BCUT2D eigenvalue weighted by atomic mass is 32.1. The Balaban J connectivity index is 2.11. The largest absolute Gasteiger partial charge is 0.508 e. The quantitative estimate of drug-likeness (QED) is 0.852. The molecule has 2 N–H and O–H groups in total. The number of hydrogen-bond donors (Lipinski definition) is 2. The SMILES string of the molecule is CCCc1cc(OCc2ccc(O)cc2)c(C(=O)O)s1. The minimum atomic E-state index is -0.960. The van der Waals surface area contributed by atoms with Gasteiger partial charge in [0, 0.05) is 4.88 Å². The van der Waals surface area contributed by atoms with Gasteiger partial charge in [0.15, 0.2) is 4.88 Å². The van der Waals surface area contributed by atoms with Gasteiger partial charge in [-0.2, -0.15) is 0 Å². The third-order valence-corrected chi connectivity index (χ3v) is 3.93. The zero-order valence-corrected chi connectivity index (χ0v) is 11.9. The first-order valence-corrected chi connectivity index (χ1v) is 7.18. The van der Waals surface area contributed by atoms with Crippen LogP contribution in [-0.2, 0) is 13.0 Å². The van der Waals surface area contributed by atoms with Crippen molar-refractivity contribution in [3.63, 3.8) is 0 Å². The lowest BCUT2D eigenvalue weighted by molar-refractivity contribution is 0.0697. The van der Waals surface area contributed by atoms with Crippen LogP contribution >= 0.6 is 11.3 Å². The lowest BCUT2D eigenvalue weighted by Gasteiger charge is -2.05. The average Bonchev–Trinajstić information content (AvgIpc) is 2.82. The predicted octanol–water partition coefficient (Wildman–Crippen LogP) is 3.68. The van der Waals surface area contributed by atoms with Gasteiger partial charge in [0.1, 0.15) is 18.1 Å². The normalized spacial score (nSPS) is 10.4. The number of aromatic hydroxyl groups is 1. The molecular formula is C15H16O4S. The van der Waals surface area contributed by atoms with Gasteiger partial charge >= 0.3 is 5.97 Å². The monoisotopic (exact) mass is 292 g/mol. The fourth-order valence-electron chi connectivity index (χ4n) is 1.80. The number of benzene rings is 1. The third-order valence-electron chi connectivity index (χ3n) is 2.77. The molecule has 0 saturated heterocycles. The van der Waals surface area contributed by atoms with E-state index >= 15 is 0 Å². The topological polar surface area (TPSA) is 66.8 Å². The van der Waals surface area contributed by atoms with Crippen LogP contribution < -0.4 is 4.74 Å². The number of hydrogen-bond acceptors (Lipinski definition) is 4. The Morgan fingerprint density at radius 1 is 1.30 bits per heavy atom. The van der Waals surface area contributed by atoms with Crippen LogP contribution in [0, 0.1) is 0 Å². The lowest BCUT2D eigenvalue weighted by atomic mass is 10.2. The van der Waals surface area contributed by atoms with E-state index in [0.717, 1.165) is 23.3 Å². The average molecular weight is 292 g/mol. The highest BCUT2D eigenvalue weighted by molar-refractivity contribution is 7.14. The number of rotatable bonds is 6. The summed E-state index contributed by atoms with van der Waals surface area (Å²) in [6, 6.07) is 8.45. The Kier molecular flexibility index (Phi) is 4.63. The molecule has 0 aliphatic rings. The van der Waals surface area contributed by atoms with E-state index in [1.165, 1.54) is 11.3 Å². The number of carboxylic acids is 1. The van der Waals surface area contributed by atoms with Crippen molar-refractivity contribution in [3.05, 3.63) is 45.6 Å². The minimum absolute atomic E-state index is 0.195. The zero-order chi connectivity index (χ0) is 14.5. The number of carbonyl (C=O) groups is 1. The first kappa shape index (κ1) is 14.4. The molecule has 0 saturated carbocycles. The molecule has 1 aromatic carbocycles. The molecule has 1 heterocycles. The van der Waals surface area contributed by atoms with Crippen molar-refractivity contribution in [2.24, 2.45) is 0 Å². The van der Waals surface area contributed by atoms with Gasteiger partial charge in [-0.3, -0.25) is 0 Å². The van der Waals surface area contributed by atoms with Crippen LogP contribution in [0.5, 0.6) is 11.5 Å². The number of thiophene rings is 1. The van der Waals surface area contributed by atoms with Crippen molar-refractivity contribution in [2.75, 3.05) is 0 Å². The molecule has 0 spiro atoms. The van der Waals surface area contributed by atoms with Gasteiger partial charge in [0.2, 0.25) is 0 Å². The van der Waals surface area contributed by atoms with Crippen molar-refractivity contribution in [2.45, 2.75) is 26.4 Å². The molecule has 0 atom stereocenters. The van der Waals surface area contributed by atoms with Crippen LogP contribution in [0.15, 0.2) is 30.3 Å². The summed E-state index contributed by atoms with van der Waals surface area (Å²) < 4.78 is 5.60. The summed E-state index contributed by atoms with van der Waals surface area (Å²) in [6.45, 7) is 2.33. The molecule has 0 aliphatic carbocycles. The van der Waals surface area contributed by atoms with Crippen LogP contribution in [0.4, 0.5) is 0 Å². The minimum Gasteiger partial charge on any atom is -0.508 e. The summed E-state index contributed by atoms with van der Waals surface area (Å²) in [6.07, 6.45) is 1.82. The van der Waals surface area contributed by atoms with Gasteiger partial charge in [-0.1, -0.05) is 25.5 Å². The fourth-order valence-corrected chi connectivity index (χ4v) is 2.84. The molecule has 2 rings (SSSR count). The van der Waals surface area contributed by atoms with Crippen LogP contribution in [-0.4, -0.2) is 16.2 Å². The van der Waals surface area contributed by atoms with E-state index in [1.54, 1.807) is 30.3 Å². The van der Waals surface area contributed by atoms with Crippen molar-refractivity contribution in [3.8, 4) is 11.5 Å². The van der Waals surface area contributed by atoms with Crippen molar-refractivity contribution >= 4 is 17.3 Å². The second-order valence-electron chi connectivity index (χ2n) is 4.42. The Morgan fingerprint density at radius 2 is 2.00 bits per heavy atom. The standard InChI is InChI=1S/C15H16O4S/c1-2-3-12-8-13(14(20-12)15(17)18)19-9-10-4-6-11(16)7-5-10/h4-8,16H,2-3,9H2,1H3,(H,17,18). The summed E-state index contributed by atoms with van der Waals surface area (Å²) in [7, 11) is 0. The predicted molar refractivity (Wildman–Crippen MR) is 77.7 cm³/mol. The highest BCUT2D eigenvalue weighted by Crippen LogP contribution is 2.31.